The summed E-state index contributed by atoms with van der Waals surface area (Å²) in [4.78, 5) is 12.6. The van der Waals surface area contributed by atoms with Crippen LogP contribution in [-0.2, 0) is 23.0 Å². The summed E-state index contributed by atoms with van der Waals surface area (Å²) in [5, 5.41) is 7.84. The molecule has 5 heteroatoms. The molecule has 1 aromatic rings. The second-order valence-electron chi connectivity index (χ2n) is 8.28. The highest BCUT2D eigenvalue weighted by Gasteiger charge is 2.56. The number of ether oxygens (including phenoxy) is 1. The minimum absolute atomic E-state index is 0.195. The van der Waals surface area contributed by atoms with Crippen molar-refractivity contribution in [3.05, 3.63) is 17.0 Å². The van der Waals surface area contributed by atoms with E-state index in [2.05, 4.69) is 17.3 Å². The van der Waals surface area contributed by atoms with E-state index in [0.29, 0.717) is 30.4 Å². The molecule has 0 spiro atoms. The van der Waals surface area contributed by atoms with Crippen molar-refractivity contribution in [2.75, 3.05) is 6.61 Å². The quantitative estimate of drug-likeness (QED) is 0.893. The number of amides is 1. The van der Waals surface area contributed by atoms with Crippen molar-refractivity contribution >= 4 is 5.91 Å². The van der Waals surface area contributed by atoms with Gasteiger partial charge in [0.2, 0.25) is 5.91 Å². The zero-order chi connectivity index (χ0) is 17.6. The Hall–Kier alpha value is -1.36. The van der Waals surface area contributed by atoms with Crippen LogP contribution in [0, 0.1) is 31.6 Å². The number of carbonyl (C=O) groups excluding carboxylic acids is 1. The number of nitrogens with zero attached hydrogens (tertiary/aromatic N) is 2. The first-order valence-corrected chi connectivity index (χ1v) is 9.96. The maximum atomic E-state index is 12.6. The molecule has 1 amide bonds. The SMILES string of the molecule is Cc1nn(C)c(C)c1CCC(=O)N[C@H]1[C@@H]2CCO[C@@H]2[C@@H]1C1CCCC1. The summed E-state index contributed by atoms with van der Waals surface area (Å²) in [7, 11) is 1.96. The topological polar surface area (TPSA) is 56.2 Å². The fourth-order valence-corrected chi connectivity index (χ4v) is 5.54. The second-order valence-corrected chi connectivity index (χ2v) is 8.28. The third kappa shape index (κ3) is 3.01. The molecule has 1 N–H and O–H groups in total. The van der Waals surface area contributed by atoms with Gasteiger partial charge in [-0.3, -0.25) is 9.48 Å². The number of nitrogens with one attached hydrogen (secondary N) is 1. The third-order valence-electron chi connectivity index (χ3n) is 6.97. The molecule has 3 aliphatic rings. The molecule has 2 heterocycles. The van der Waals surface area contributed by atoms with Crippen LogP contribution in [0.25, 0.3) is 0 Å². The van der Waals surface area contributed by atoms with Gasteiger partial charge in [0, 0.05) is 43.6 Å². The lowest BCUT2D eigenvalue weighted by atomic mass is 9.61. The van der Waals surface area contributed by atoms with Crippen LogP contribution in [0.3, 0.4) is 0 Å². The van der Waals surface area contributed by atoms with Crippen LogP contribution in [-0.4, -0.2) is 34.4 Å². The Balaban J connectivity index is 1.36. The van der Waals surface area contributed by atoms with Gasteiger partial charge >= 0.3 is 0 Å². The highest BCUT2D eigenvalue weighted by molar-refractivity contribution is 5.77. The van der Waals surface area contributed by atoms with E-state index < -0.39 is 0 Å². The zero-order valence-corrected chi connectivity index (χ0v) is 15.8. The number of fused-ring (bicyclic) bond motifs is 1. The molecule has 4 atom stereocenters. The highest BCUT2D eigenvalue weighted by Crippen LogP contribution is 2.51. The Morgan fingerprint density at radius 1 is 1.28 bits per heavy atom. The summed E-state index contributed by atoms with van der Waals surface area (Å²) in [5.74, 6) is 2.06. The first-order chi connectivity index (χ1) is 12.1. The molecule has 1 aromatic heterocycles. The smallest absolute Gasteiger partial charge is 0.220 e. The van der Waals surface area contributed by atoms with Crippen LogP contribution in [0.1, 0.15) is 55.5 Å². The molecule has 4 rings (SSSR count). The number of rotatable bonds is 5. The minimum atomic E-state index is 0.195. The maximum Gasteiger partial charge on any atom is 0.220 e. The number of carbonyl (C=O) groups is 1. The Bertz CT molecular complexity index is 643. The second kappa shape index (κ2) is 6.75. The molecule has 0 unspecified atom stereocenters. The Morgan fingerprint density at radius 2 is 2.04 bits per heavy atom. The molecule has 2 aliphatic carbocycles. The van der Waals surface area contributed by atoms with E-state index in [9.17, 15) is 4.79 Å². The highest BCUT2D eigenvalue weighted by atomic mass is 16.5. The van der Waals surface area contributed by atoms with Gasteiger partial charge in [0.25, 0.3) is 0 Å². The number of hydrogen-bond acceptors (Lipinski definition) is 3. The Labute approximate surface area is 150 Å². The van der Waals surface area contributed by atoms with E-state index in [1.807, 2.05) is 18.7 Å². The van der Waals surface area contributed by atoms with Crippen molar-refractivity contribution in [3.8, 4) is 0 Å². The average Bonchev–Trinajstić information content (AvgIpc) is 3.27. The fourth-order valence-electron chi connectivity index (χ4n) is 5.54. The van der Waals surface area contributed by atoms with Gasteiger partial charge in [-0.1, -0.05) is 25.7 Å². The van der Waals surface area contributed by atoms with Crippen LogP contribution in [0.15, 0.2) is 0 Å². The monoisotopic (exact) mass is 345 g/mol. The van der Waals surface area contributed by atoms with Crippen molar-refractivity contribution in [2.45, 2.75) is 70.9 Å². The van der Waals surface area contributed by atoms with Gasteiger partial charge < -0.3 is 10.1 Å². The predicted octanol–water partition coefficient (Wildman–Crippen LogP) is 2.68. The van der Waals surface area contributed by atoms with Crippen LogP contribution in [0.5, 0.6) is 0 Å². The van der Waals surface area contributed by atoms with Gasteiger partial charge in [-0.15, -0.1) is 0 Å². The van der Waals surface area contributed by atoms with Crippen molar-refractivity contribution in [2.24, 2.45) is 24.8 Å². The summed E-state index contributed by atoms with van der Waals surface area (Å²) < 4.78 is 7.90. The van der Waals surface area contributed by atoms with Crippen molar-refractivity contribution in [1.82, 2.24) is 15.1 Å². The largest absolute Gasteiger partial charge is 0.377 e. The first kappa shape index (κ1) is 17.1. The van der Waals surface area contributed by atoms with Gasteiger partial charge in [0.15, 0.2) is 0 Å². The van der Waals surface area contributed by atoms with E-state index >= 15 is 0 Å². The normalized spacial score (nSPS) is 31.8. The minimum Gasteiger partial charge on any atom is -0.377 e. The lowest BCUT2D eigenvalue weighted by molar-refractivity contribution is -0.129. The van der Waals surface area contributed by atoms with Crippen molar-refractivity contribution in [3.63, 3.8) is 0 Å². The van der Waals surface area contributed by atoms with E-state index in [0.717, 1.165) is 31.1 Å². The number of aromatic nitrogens is 2. The van der Waals surface area contributed by atoms with Gasteiger partial charge in [-0.2, -0.15) is 5.10 Å². The van der Waals surface area contributed by atoms with Gasteiger partial charge in [-0.05, 0) is 38.2 Å². The maximum absolute atomic E-state index is 12.6. The fraction of sp³-hybridized carbons (Fsp3) is 0.800. The predicted molar refractivity (Wildman–Crippen MR) is 96.2 cm³/mol. The molecule has 2 saturated carbocycles. The molecule has 5 nitrogen and oxygen atoms in total. The zero-order valence-electron chi connectivity index (χ0n) is 15.8. The molecule has 1 aliphatic heterocycles. The molecule has 25 heavy (non-hydrogen) atoms. The summed E-state index contributed by atoms with van der Waals surface area (Å²) in [6.07, 6.45) is 8.19. The lowest BCUT2D eigenvalue weighted by Crippen LogP contribution is -2.63. The summed E-state index contributed by atoms with van der Waals surface area (Å²) in [5.41, 5.74) is 3.44. The Morgan fingerprint density at radius 3 is 2.72 bits per heavy atom. The molecular weight excluding hydrogens is 314 g/mol. The molecule has 1 saturated heterocycles. The van der Waals surface area contributed by atoms with Crippen molar-refractivity contribution < 1.29 is 9.53 Å². The molecule has 3 fully saturated rings. The number of hydrogen-bond donors (Lipinski definition) is 1. The van der Waals surface area contributed by atoms with Crippen LogP contribution in [0.4, 0.5) is 0 Å². The van der Waals surface area contributed by atoms with Gasteiger partial charge in [0.1, 0.15) is 0 Å². The molecule has 138 valence electrons. The van der Waals surface area contributed by atoms with Crippen LogP contribution >= 0.6 is 0 Å². The van der Waals surface area contributed by atoms with E-state index in [4.69, 9.17) is 4.74 Å². The summed E-state index contributed by atoms with van der Waals surface area (Å²) in [6.45, 7) is 4.98. The van der Waals surface area contributed by atoms with E-state index in [1.165, 1.54) is 36.9 Å². The molecule has 0 radical (unpaired) electrons. The van der Waals surface area contributed by atoms with Gasteiger partial charge in [0.05, 0.1) is 11.8 Å². The summed E-state index contributed by atoms with van der Waals surface area (Å²) >= 11 is 0. The average molecular weight is 345 g/mol. The third-order valence-corrected chi connectivity index (χ3v) is 6.97. The summed E-state index contributed by atoms with van der Waals surface area (Å²) in [6, 6.07) is 0.346. The van der Waals surface area contributed by atoms with Crippen molar-refractivity contribution in [1.29, 1.82) is 0 Å². The van der Waals surface area contributed by atoms with E-state index in [1.54, 1.807) is 0 Å². The standard InChI is InChI=1S/C20H31N3O2/c1-12-15(13(2)23(3)22-12)8-9-17(24)21-19-16-10-11-25-20(16)18(19)14-6-4-5-7-14/h14,16,18-20H,4-11H2,1-3H3,(H,21,24)/t16-,18+,19-,20-/m0/s1. The van der Waals surface area contributed by atoms with Crippen LogP contribution in [0.2, 0.25) is 0 Å². The molecule has 0 aromatic carbocycles. The first-order valence-electron chi connectivity index (χ1n) is 9.96. The van der Waals surface area contributed by atoms with Crippen LogP contribution < -0.4 is 5.32 Å². The van der Waals surface area contributed by atoms with E-state index in [-0.39, 0.29) is 5.91 Å². The lowest BCUT2D eigenvalue weighted by Gasteiger charge is -2.50. The van der Waals surface area contributed by atoms with Gasteiger partial charge in [-0.25, -0.2) is 0 Å². The molecule has 0 bridgehead atoms. The molecular formula is C20H31N3O2. The Kier molecular flexibility index (Phi) is 4.61. The number of aryl methyl sites for hydroxylation is 2.